The lowest BCUT2D eigenvalue weighted by Gasteiger charge is -2.56. The van der Waals surface area contributed by atoms with Crippen molar-refractivity contribution in [2.45, 2.75) is 58.0 Å². The van der Waals surface area contributed by atoms with Gasteiger partial charge in [-0.3, -0.25) is 0 Å². The number of carboxylic acids is 1. The summed E-state index contributed by atoms with van der Waals surface area (Å²) in [5, 5.41) is 19.9. The predicted octanol–water partition coefficient (Wildman–Crippen LogP) is 3.39. The first-order valence-electron chi connectivity index (χ1n) is 8.34. The highest BCUT2D eigenvalue weighted by Gasteiger charge is 2.53. The lowest BCUT2D eigenvalue weighted by Crippen LogP contribution is -2.53. The van der Waals surface area contributed by atoms with Crippen LogP contribution in [0, 0.1) is 11.3 Å². The summed E-state index contributed by atoms with van der Waals surface area (Å²) in [4.78, 5) is 11.5. The molecule has 126 valence electrons. The van der Waals surface area contributed by atoms with Crippen LogP contribution in [0.4, 0.5) is 0 Å². The number of aryl methyl sites for hydroxylation is 1. The standard InChI is InChI=1S/C19H26O4/c1-18(2)15-6-5-11-9-12(17(21)22)14(23-4)10-13(11)19(15,3)8-7-16(18)20/h9-10,15-16,20H,5-8H2,1-4H3,(H,21,22)/t15-,16-,19+/m0/s1. The summed E-state index contributed by atoms with van der Waals surface area (Å²) in [5.74, 6) is -0.134. The zero-order valence-electron chi connectivity index (χ0n) is 14.3. The molecule has 2 N–H and O–H groups in total. The summed E-state index contributed by atoms with van der Waals surface area (Å²) in [6, 6.07) is 3.72. The van der Waals surface area contributed by atoms with E-state index in [4.69, 9.17) is 4.74 Å². The lowest BCUT2D eigenvalue weighted by molar-refractivity contribution is -0.0731. The van der Waals surface area contributed by atoms with Gasteiger partial charge in [0.05, 0.1) is 13.2 Å². The highest BCUT2D eigenvalue weighted by Crippen LogP contribution is 2.57. The number of aromatic carboxylic acids is 1. The van der Waals surface area contributed by atoms with E-state index in [0.29, 0.717) is 11.7 Å². The normalized spacial score (nSPS) is 31.9. The summed E-state index contributed by atoms with van der Waals surface area (Å²) in [6.45, 7) is 6.59. The van der Waals surface area contributed by atoms with Crippen molar-refractivity contribution in [3.8, 4) is 5.75 Å². The van der Waals surface area contributed by atoms with Crippen LogP contribution in [0.3, 0.4) is 0 Å². The molecular weight excluding hydrogens is 292 g/mol. The topological polar surface area (TPSA) is 66.8 Å². The van der Waals surface area contributed by atoms with E-state index in [1.54, 1.807) is 6.07 Å². The van der Waals surface area contributed by atoms with Crippen LogP contribution in [0.25, 0.3) is 0 Å². The fourth-order valence-corrected chi connectivity index (χ4v) is 5.05. The number of fused-ring (bicyclic) bond motifs is 3. The minimum atomic E-state index is -0.948. The molecule has 2 aliphatic carbocycles. The highest BCUT2D eigenvalue weighted by atomic mass is 16.5. The molecule has 0 amide bonds. The quantitative estimate of drug-likeness (QED) is 0.877. The van der Waals surface area contributed by atoms with Gasteiger partial charge in [-0.2, -0.15) is 0 Å². The molecule has 0 spiro atoms. The molecule has 0 radical (unpaired) electrons. The number of aliphatic hydroxyl groups is 1. The molecular formula is C19H26O4. The minimum absolute atomic E-state index is 0.0410. The van der Waals surface area contributed by atoms with Crippen LogP contribution in [0.5, 0.6) is 5.75 Å². The SMILES string of the molecule is COc1cc2c(cc1C(=O)O)CC[C@H]1C(C)(C)[C@@H](O)CC[C@]21C. The van der Waals surface area contributed by atoms with E-state index in [-0.39, 0.29) is 22.5 Å². The number of benzene rings is 1. The summed E-state index contributed by atoms with van der Waals surface area (Å²) in [5.41, 5.74) is 2.39. The van der Waals surface area contributed by atoms with E-state index >= 15 is 0 Å². The molecule has 2 aliphatic rings. The van der Waals surface area contributed by atoms with E-state index < -0.39 is 5.97 Å². The maximum atomic E-state index is 11.5. The smallest absolute Gasteiger partial charge is 0.339 e. The molecule has 23 heavy (non-hydrogen) atoms. The van der Waals surface area contributed by atoms with Gasteiger partial charge in [0.2, 0.25) is 0 Å². The molecule has 1 saturated carbocycles. The molecule has 0 aliphatic heterocycles. The average molecular weight is 318 g/mol. The predicted molar refractivity (Wildman–Crippen MR) is 88.1 cm³/mol. The van der Waals surface area contributed by atoms with Gasteiger partial charge in [-0.15, -0.1) is 0 Å². The summed E-state index contributed by atoms with van der Waals surface area (Å²) in [7, 11) is 1.52. The number of rotatable bonds is 2. The van der Waals surface area contributed by atoms with Crippen LogP contribution in [-0.4, -0.2) is 29.4 Å². The zero-order chi connectivity index (χ0) is 17.0. The lowest BCUT2D eigenvalue weighted by atomic mass is 9.49. The number of methoxy groups -OCH3 is 1. The Morgan fingerprint density at radius 3 is 2.57 bits per heavy atom. The Morgan fingerprint density at radius 1 is 1.26 bits per heavy atom. The van der Waals surface area contributed by atoms with E-state index in [0.717, 1.165) is 31.2 Å². The van der Waals surface area contributed by atoms with Gasteiger partial charge in [0.15, 0.2) is 0 Å². The van der Waals surface area contributed by atoms with Gasteiger partial charge in [0.25, 0.3) is 0 Å². The number of hydrogen-bond donors (Lipinski definition) is 2. The number of hydrogen-bond acceptors (Lipinski definition) is 3. The van der Waals surface area contributed by atoms with Gasteiger partial charge < -0.3 is 14.9 Å². The van der Waals surface area contributed by atoms with Crippen LogP contribution in [0.1, 0.15) is 61.5 Å². The second-order valence-corrected chi connectivity index (χ2v) is 7.90. The first kappa shape index (κ1) is 16.3. The van der Waals surface area contributed by atoms with E-state index in [9.17, 15) is 15.0 Å². The Morgan fingerprint density at radius 2 is 1.96 bits per heavy atom. The fraction of sp³-hybridized carbons (Fsp3) is 0.632. The zero-order valence-corrected chi connectivity index (χ0v) is 14.3. The van der Waals surface area contributed by atoms with Gasteiger partial charge in [-0.1, -0.05) is 20.8 Å². The molecule has 3 atom stereocenters. The van der Waals surface area contributed by atoms with Gasteiger partial charge in [0, 0.05) is 0 Å². The summed E-state index contributed by atoms with van der Waals surface area (Å²) in [6.07, 6.45) is 3.27. The van der Waals surface area contributed by atoms with E-state index in [1.165, 1.54) is 12.7 Å². The molecule has 4 heteroatoms. The summed E-state index contributed by atoms with van der Waals surface area (Å²) < 4.78 is 5.34. The van der Waals surface area contributed by atoms with Gasteiger partial charge in [0.1, 0.15) is 11.3 Å². The molecule has 0 bridgehead atoms. The van der Waals surface area contributed by atoms with E-state index in [2.05, 4.69) is 20.8 Å². The maximum Gasteiger partial charge on any atom is 0.339 e. The van der Waals surface area contributed by atoms with Crippen molar-refractivity contribution < 1.29 is 19.7 Å². The monoisotopic (exact) mass is 318 g/mol. The Balaban J connectivity index is 2.15. The Hall–Kier alpha value is -1.55. The minimum Gasteiger partial charge on any atom is -0.496 e. The third-order valence-electron chi connectivity index (χ3n) is 6.44. The van der Waals surface area contributed by atoms with E-state index in [1.807, 2.05) is 6.07 Å². The van der Waals surface area contributed by atoms with Gasteiger partial charge in [-0.05, 0) is 65.7 Å². The van der Waals surface area contributed by atoms with Crippen LogP contribution in [0.15, 0.2) is 12.1 Å². The number of aliphatic hydroxyl groups excluding tert-OH is 1. The Bertz CT molecular complexity index is 649. The molecule has 1 aromatic rings. The second-order valence-electron chi connectivity index (χ2n) is 7.90. The van der Waals surface area contributed by atoms with Crippen LogP contribution >= 0.6 is 0 Å². The molecule has 1 fully saturated rings. The number of carboxylic acid groups (broad SMARTS) is 1. The first-order chi connectivity index (χ1) is 10.7. The molecule has 4 nitrogen and oxygen atoms in total. The molecule has 0 unspecified atom stereocenters. The van der Waals surface area contributed by atoms with Crippen LogP contribution in [0.2, 0.25) is 0 Å². The van der Waals surface area contributed by atoms with Crippen molar-refractivity contribution >= 4 is 5.97 Å². The molecule has 0 saturated heterocycles. The average Bonchev–Trinajstić information content (AvgIpc) is 2.50. The highest BCUT2D eigenvalue weighted by molar-refractivity contribution is 5.91. The van der Waals surface area contributed by atoms with Gasteiger partial charge >= 0.3 is 5.97 Å². The number of carbonyl (C=O) groups is 1. The van der Waals surface area contributed by atoms with Crippen molar-refractivity contribution in [2.75, 3.05) is 7.11 Å². The Kier molecular flexibility index (Phi) is 3.71. The molecule has 0 heterocycles. The Labute approximate surface area is 137 Å². The second kappa shape index (κ2) is 5.23. The van der Waals surface area contributed by atoms with Crippen molar-refractivity contribution in [1.29, 1.82) is 0 Å². The fourth-order valence-electron chi connectivity index (χ4n) is 5.05. The maximum absolute atomic E-state index is 11.5. The van der Waals surface area contributed by atoms with Crippen molar-refractivity contribution in [2.24, 2.45) is 11.3 Å². The third-order valence-corrected chi connectivity index (χ3v) is 6.44. The largest absolute Gasteiger partial charge is 0.496 e. The van der Waals surface area contributed by atoms with Gasteiger partial charge in [-0.25, -0.2) is 4.79 Å². The van der Waals surface area contributed by atoms with Crippen molar-refractivity contribution in [3.63, 3.8) is 0 Å². The molecule has 3 rings (SSSR count). The first-order valence-corrected chi connectivity index (χ1v) is 8.34. The number of ether oxygens (including phenoxy) is 1. The van der Waals surface area contributed by atoms with Crippen LogP contribution < -0.4 is 4.74 Å². The van der Waals surface area contributed by atoms with Crippen LogP contribution in [-0.2, 0) is 11.8 Å². The molecule has 1 aromatic carbocycles. The molecule has 0 aromatic heterocycles. The van der Waals surface area contributed by atoms with Crippen molar-refractivity contribution in [3.05, 3.63) is 28.8 Å². The third kappa shape index (κ3) is 2.26. The summed E-state index contributed by atoms with van der Waals surface area (Å²) >= 11 is 0. The van der Waals surface area contributed by atoms with Crippen molar-refractivity contribution in [1.82, 2.24) is 0 Å².